The number of carbonyl (C=O) groups is 1. The summed E-state index contributed by atoms with van der Waals surface area (Å²) < 4.78 is 13.3. The Labute approximate surface area is 157 Å². The van der Waals surface area contributed by atoms with Crippen LogP contribution in [0.1, 0.15) is 6.42 Å². The van der Waals surface area contributed by atoms with Crippen molar-refractivity contribution < 1.29 is 13.9 Å². The highest BCUT2D eigenvalue weighted by molar-refractivity contribution is 9.10. The molecule has 1 aliphatic rings. The van der Waals surface area contributed by atoms with Crippen LogP contribution in [0, 0.1) is 0 Å². The molecule has 0 aliphatic carbocycles. The minimum atomic E-state index is -0.521. The van der Waals surface area contributed by atoms with Crippen LogP contribution >= 0.6 is 15.9 Å². The third-order valence-electron chi connectivity index (χ3n) is 4.39. The SMILES string of the molecule is O=C(Cn1c(=O)oc2ccccc21)N1CCC(Oc2ccncc2Br)C1. The number of hydrogen-bond donors (Lipinski definition) is 0. The van der Waals surface area contributed by atoms with Gasteiger partial charge in [-0.15, -0.1) is 0 Å². The standard InChI is InChI=1S/C18H16BrN3O4/c19-13-9-20-7-5-15(13)25-12-6-8-21(10-12)17(23)11-22-14-3-1-2-4-16(14)26-18(22)24/h1-5,7,9,12H,6,8,10-11H2. The molecule has 1 aromatic carbocycles. The second-order valence-electron chi connectivity index (χ2n) is 6.10. The number of fused-ring (bicyclic) bond motifs is 1. The molecule has 2 aromatic heterocycles. The highest BCUT2D eigenvalue weighted by atomic mass is 79.9. The highest BCUT2D eigenvalue weighted by Crippen LogP contribution is 2.26. The van der Waals surface area contributed by atoms with Gasteiger partial charge in [-0.2, -0.15) is 0 Å². The van der Waals surface area contributed by atoms with Crippen molar-refractivity contribution in [1.82, 2.24) is 14.5 Å². The summed E-state index contributed by atoms with van der Waals surface area (Å²) in [4.78, 5) is 30.4. The van der Waals surface area contributed by atoms with Gasteiger partial charge in [0, 0.05) is 25.4 Å². The maximum Gasteiger partial charge on any atom is 0.420 e. The van der Waals surface area contributed by atoms with Gasteiger partial charge in [-0.3, -0.25) is 14.3 Å². The third kappa shape index (κ3) is 3.24. The molecular formula is C18H16BrN3O4. The number of nitrogens with zero attached hydrogens (tertiary/aromatic N) is 3. The van der Waals surface area contributed by atoms with Crippen LogP contribution in [0.25, 0.3) is 11.1 Å². The van der Waals surface area contributed by atoms with E-state index in [2.05, 4.69) is 20.9 Å². The lowest BCUT2D eigenvalue weighted by Crippen LogP contribution is -2.35. The van der Waals surface area contributed by atoms with Crippen LogP contribution in [0.3, 0.4) is 0 Å². The number of benzene rings is 1. The van der Waals surface area contributed by atoms with Crippen molar-refractivity contribution >= 4 is 32.9 Å². The first-order valence-electron chi connectivity index (χ1n) is 8.24. The second-order valence-corrected chi connectivity index (χ2v) is 6.95. The Morgan fingerprint density at radius 2 is 2.19 bits per heavy atom. The number of likely N-dealkylation sites (tertiary alicyclic amines) is 1. The zero-order chi connectivity index (χ0) is 18.1. The average molecular weight is 418 g/mol. The van der Waals surface area contributed by atoms with Crippen LogP contribution < -0.4 is 10.5 Å². The molecule has 0 bridgehead atoms. The van der Waals surface area contributed by atoms with Gasteiger partial charge < -0.3 is 14.1 Å². The first-order valence-corrected chi connectivity index (χ1v) is 9.03. The van der Waals surface area contributed by atoms with Crippen LogP contribution in [0.5, 0.6) is 5.75 Å². The van der Waals surface area contributed by atoms with E-state index < -0.39 is 5.76 Å². The number of para-hydroxylation sites is 2. The monoisotopic (exact) mass is 417 g/mol. The van der Waals surface area contributed by atoms with Crippen molar-refractivity contribution in [2.24, 2.45) is 0 Å². The van der Waals surface area contributed by atoms with Crippen molar-refractivity contribution in [3.05, 3.63) is 57.7 Å². The fourth-order valence-electron chi connectivity index (χ4n) is 3.09. The summed E-state index contributed by atoms with van der Waals surface area (Å²) in [6.07, 6.45) is 3.98. The number of carbonyl (C=O) groups excluding carboxylic acids is 1. The molecule has 0 N–H and O–H groups in total. The Hall–Kier alpha value is -2.61. The Morgan fingerprint density at radius 1 is 1.35 bits per heavy atom. The molecule has 8 heteroatoms. The van der Waals surface area contributed by atoms with Gasteiger partial charge >= 0.3 is 5.76 Å². The molecule has 0 saturated carbocycles. The van der Waals surface area contributed by atoms with Crippen molar-refractivity contribution in [2.75, 3.05) is 13.1 Å². The number of rotatable bonds is 4. The van der Waals surface area contributed by atoms with Crippen molar-refractivity contribution in [3.63, 3.8) is 0 Å². The van der Waals surface area contributed by atoms with E-state index in [1.165, 1.54) is 4.57 Å². The molecular weight excluding hydrogens is 402 g/mol. The molecule has 1 atom stereocenters. The number of oxazole rings is 1. The molecule has 1 amide bonds. The van der Waals surface area contributed by atoms with Gasteiger partial charge in [0.05, 0.1) is 16.5 Å². The topological polar surface area (TPSA) is 77.6 Å². The first-order chi connectivity index (χ1) is 12.6. The van der Waals surface area contributed by atoms with Crippen LogP contribution in [0.4, 0.5) is 0 Å². The summed E-state index contributed by atoms with van der Waals surface area (Å²) in [7, 11) is 0. The highest BCUT2D eigenvalue weighted by Gasteiger charge is 2.28. The third-order valence-corrected chi connectivity index (χ3v) is 4.99. The minimum Gasteiger partial charge on any atom is -0.487 e. The molecule has 7 nitrogen and oxygen atoms in total. The van der Waals surface area contributed by atoms with Crippen LogP contribution in [-0.2, 0) is 11.3 Å². The summed E-state index contributed by atoms with van der Waals surface area (Å²) in [5.74, 6) is 0.0576. The molecule has 134 valence electrons. The minimum absolute atomic E-state index is 0.0402. The van der Waals surface area contributed by atoms with E-state index in [9.17, 15) is 9.59 Å². The van der Waals surface area contributed by atoms with Crippen molar-refractivity contribution in [2.45, 2.75) is 19.1 Å². The summed E-state index contributed by atoms with van der Waals surface area (Å²) in [6.45, 7) is 1.04. The molecule has 3 aromatic rings. The molecule has 4 rings (SSSR count). The van der Waals surface area contributed by atoms with E-state index in [1.54, 1.807) is 41.6 Å². The summed E-state index contributed by atoms with van der Waals surface area (Å²) in [5.41, 5.74) is 1.11. The van der Waals surface area contributed by atoms with Gasteiger partial charge in [-0.05, 0) is 34.1 Å². The van der Waals surface area contributed by atoms with Crippen molar-refractivity contribution in [1.29, 1.82) is 0 Å². The quantitative estimate of drug-likeness (QED) is 0.651. The molecule has 0 spiro atoms. The van der Waals surface area contributed by atoms with E-state index in [1.807, 2.05) is 6.07 Å². The zero-order valence-electron chi connectivity index (χ0n) is 13.8. The first kappa shape index (κ1) is 16.8. The van der Waals surface area contributed by atoms with E-state index in [-0.39, 0.29) is 18.6 Å². The zero-order valence-corrected chi connectivity index (χ0v) is 15.4. The number of hydrogen-bond acceptors (Lipinski definition) is 5. The molecule has 1 saturated heterocycles. The fourth-order valence-corrected chi connectivity index (χ4v) is 3.43. The summed E-state index contributed by atoms with van der Waals surface area (Å²) in [6, 6.07) is 8.86. The molecule has 1 aliphatic heterocycles. The average Bonchev–Trinajstić information content (AvgIpc) is 3.22. The largest absolute Gasteiger partial charge is 0.487 e. The Balaban J connectivity index is 1.44. The summed E-state index contributed by atoms with van der Waals surface area (Å²) >= 11 is 3.40. The van der Waals surface area contributed by atoms with E-state index in [0.29, 0.717) is 29.9 Å². The number of aromatic nitrogens is 2. The van der Waals surface area contributed by atoms with Gasteiger partial charge in [-0.25, -0.2) is 4.79 Å². The van der Waals surface area contributed by atoms with E-state index in [4.69, 9.17) is 9.15 Å². The van der Waals surface area contributed by atoms with Gasteiger partial charge in [-0.1, -0.05) is 12.1 Å². The molecule has 3 heterocycles. The number of ether oxygens (including phenoxy) is 1. The van der Waals surface area contributed by atoms with E-state index in [0.717, 1.165) is 10.9 Å². The summed E-state index contributed by atoms with van der Waals surface area (Å²) in [5, 5.41) is 0. The van der Waals surface area contributed by atoms with Gasteiger partial charge in [0.25, 0.3) is 0 Å². The van der Waals surface area contributed by atoms with Crippen LogP contribution in [-0.4, -0.2) is 39.6 Å². The van der Waals surface area contributed by atoms with Gasteiger partial charge in [0.2, 0.25) is 5.91 Å². The smallest absolute Gasteiger partial charge is 0.420 e. The number of pyridine rings is 1. The predicted octanol–water partition coefficient (Wildman–Crippen LogP) is 2.43. The molecule has 0 radical (unpaired) electrons. The van der Waals surface area contributed by atoms with Crippen molar-refractivity contribution in [3.8, 4) is 5.75 Å². The Kier molecular flexibility index (Phi) is 4.50. The maximum atomic E-state index is 12.6. The Morgan fingerprint density at radius 3 is 3.04 bits per heavy atom. The predicted molar refractivity (Wildman–Crippen MR) is 98.0 cm³/mol. The molecule has 1 unspecified atom stereocenters. The Bertz CT molecular complexity index is 1010. The van der Waals surface area contributed by atoms with Gasteiger partial charge in [0.15, 0.2) is 5.58 Å². The van der Waals surface area contributed by atoms with E-state index >= 15 is 0 Å². The van der Waals surface area contributed by atoms with Crippen LogP contribution in [0.2, 0.25) is 0 Å². The molecule has 1 fully saturated rings. The van der Waals surface area contributed by atoms with Crippen LogP contribution in [0.15, 0.2) is 56.4 Å². The lowest BCUT2D eigenvalue weighted by molar-refractivity contribution is -0.131. The molecule has 26 heavy (non-hydrogen) atoms. The normalized spacial score (nSPS) is 17.0. The second kappa shape index (κ2) is 6.95. The van der Waals surface area contributed by atoms with Gasteiger partial charge in [0.1, 0.15) is 18.4 Å². The number of amides is 1. The fraction of sp³-hybridized carbons (Fsp3) is 0.278. The number of halogens is 1. The lowest BCUT2D eigenvalue weighted by Gasteiger charge is -2.17. The maximum absolute atomic E-state index is 12.6. The lowest BCUT2D eigenvalue weighted by atomic mass is 10.3.